The van der Waals surface area contributed by atoms with Gasteiger partial charge in [0.2, 0.25) is 11.8 Å². The smallest absolute Gasteiger partial charge is 0.407 e. The number of anilines is 2. The third kappa shape index (κ3) is 11.0. The minimum Gasteiger partial charge on any atom is -0.453 e. The molecule has 4 amide bonds. The number of amides is 4. The average molecular weight is 979 g/mol. The number of rotatable bonds is 17. The molecule has 0 bridgehead atoms. The largest absolute Gasteiger partial charge is 0.453 e. The maximum atomic E-state index is 16.4. The van der Waals surface area contributed by atoms with Gasteiger partial charge >= 0.3 is 12.2 Å². The molecule has 5 heterocycles. The summed E-state index contributed by atoms with van der Waals surface area (Å²) in [5.74, 6) is -0.691. The summed E-state index contributed by atoms with van der Waals surface area (Å²) < 4.78 is 42.3. The molecule has 18 heteroatoms. The number of aromatic nitrogens is 4. The van der Waals surface area contributed by atoms with Crippen molar-refractivity contribution >= 4 is 57.4 Å². The Bertz CT molecular complexity index is 2710. The summed E-state index contributed by atoms with van der Waals surface area (Å²) in [5, 5.41) is 8.24. The first kappa shape index (κ1) is 50.7. The number of nitrogens with one attached hydrogen (secondary N) is 5. The Morgan fingerprint density at radius 1 is 0.761 bits per heavy atom. The maximum Gasteiger partial charge on any atom is 0.407 e. The molecule has 6 unspecified atom stereocenters. The third-order valence-corrected chi connectivity index (χ3v) is 14.5. The van der Waals surface area contributed by atoms with Crippen molar-refractivity contribution in [3.63, 3.8) is 0 Å². The predicted octanol–water partition coefficient (Wildman–Crippen LogP) is 9.38. The van der Waals surface area contributed by atoms with Crippen molar-refractivity contribution in [3.8, 4) is 0 Å². The topological polar surface area (TPSA) is 190 Å². The van der Waals surface area contributed by atoms with Gasteiger partial charge in [-0.05, 0) is 117 Å². The van der Waals surface area contributed by atoms with E-state index in [0.717, 1.165) is 64.7 Å². The van der Waals surface area contributed by atoms with Crippen LogP contribution in [0.3, 0.4) is 0 Å². The van der Waals surface area contributed by atoms with E-state index in [1.54, 1.807) is 4.90 Å². The molecular weight excluding hydrogens is 911 g/mol. The lowest BCUT2D eigenvalue weighted by molar-refractivity contribution is -0.135. The number of carbonyl (C=O) groups excluding carboxylic acids is 4. The number of halogens is 2. The highest BCUT2D eigenvalue weighted by Gasteiger charge is 2.40. The summed E-state index contributed by atoms with van der Waals surface area (Å²) in [5.41, 5.74) is 5.49. The number of likely N-dealkylation sites (tertiary alicyclic amines) is 1. The standard InChI is InChI=1S/C53H68F2N10O6/c1-8-32(14-12-22-56-50(66)45(30(2)3)61-52(68)70-6)48-57-38-18-16-33(26-40(38)59-48)42-20-21-43(65(42)35-28-36(54)47(37(55)29-35)63-23-10-9-11-24-63)34-17-19-39-41(27-34)60-49(58-39)44-15-13-25-64(44)51(67)46(31(4)5)62-53(69)71-7/h8,16-19,26-32,42-46H,1,9-15,20-25H2,2-7H3,(H,56,66)(H,57,59)(H,58,60)(H,61,68)(H,62,69). The second-order valence-corrected chi connectivity index (χ2v) is 19.8. The highest BCUT2D eigenvalue weighted by atomic mass is 19.1. The van der Waals surface area contributed by atoms with Crippen molar-refractivity contribution in [1.29, 1.82) is 0 Å². The molecule has 380 valence electrons. The Balaban J connectivity index is 1.06. The first-order chi connectivity index (χ1) is 34.2. The number of alkyl carbamates (subject to hydrolysis) is 2. The van der Waals surface area contributed by atoms with E-state index < -0.39 is 35.9 Å². The van der Waals surface area contributed by atoms with Gasteiger partial charge in [-0.15, -0.1) is 6.58 Å². The Labute approximate surface area is 413 Å². The Morgan fingerprint density at radius 2 is 1.35 bits per heavy atom. The van der Waals surface area contributed by atoms with Gasteiger partial charge in [-0.2, -0.15) is 0 Å². The molecule has 0 saturated carbocycles. The van der Waals surface area contributed by atoms with Gasteiger partial charge in [0.1, 0.15) is 29.4 Å². The number of hydrogen-bond acceptors (Lipinski definition) is 10. The van der Waals surface area contributed by atoms with Crippen LogP contribution in [0, 0.1) is 23.5 Å². The van der Waals surface area contributed by atoms with Gasteiger partial charge in [0.25, 0.3) is 0 Å². The van der Waals surface area contributed by atoms with Crippen molar-refractivity contribution < 1.29 is 37.4 Å². The summed E-state index contributed by atoms with van der Waals surface area (Å²) in [6.07, 6.45) is 7.49. The SMILES string of the molecule is C=CC(CCCNC(=O)C(NC(=O)OC)C(C)C)c1nc2ccc(C3CCC(c4ccc5nc(C6CCCN6C(=O)C(NC(=O)OC)C(C)C)[nH]c5c4)N3c3cc(F)c(N4CCCCC4)c(F)c3)cc2[nH]1. The minimum absolute atomic E-state index is 0.0216. The van der Waals surface area contributed by atoms with Crippen LogP contribution in [0.25, 0.3) is 22.1 Å². The van der Waals surface area contributed by atoms with E-state index in [0.29, 0.717) is 69.8 Å². The predicted molar refractivity (Wildman–Crippen MR) is 269 cm³/mol. The molecule has 3 saturated heterocycles. The number of aromatic amines is 2. The zero-order valence-electron chi connectivity index (χ0n) is 41.7. The summed E-state index contributed by atoms with van der Waals surface area (Å²) in [7, 11) is 2.53. The molecule has 3 fully saturated rings. The summed E-state index contributed by atoms with van der Waals surface area (Å²) >= 11 is 0. The molecule has 5 N–H and O–H groups in total. The number of ether oxygens (including phenoxy) is 2. The van der Waals surface area contributed by atoms with E-state index in [9.17, 15) is 19.2 Å². The van der Waals surface area contributed by atoms with Gasteiger partial charge in [0, 0.05) is 37.8 Å². The lowest BCUT2D eigenvalue weighted by Gasteiger charge is -2.35. The van der Waals surface area contributed by atoms with Crippen molar-refractivity contribution in [1.82, 2.24) is 40.8 Å². The van der Waals surface area contributed by atoms with E-state index in [2.05, 4.69) is 49.5 Å². The number of benzene rings is 3. The van der Waals surface area contributed by atoms with Crippen LogP contribution in [0.1, 0.15) is 132 Å². The van der Waals surface area contributed by atoms with E-state index in [4.69, 9.17) is 19.4 Å². The molecule has 2 aromatic heterocycles. The van der Waals surface area contributed by atoms with Crippen LogP contribution in [0.2, 0.25) is 0 Å². The summed E-state index contributed by atoms with van der Waals surface area (Å²) in [6.45, 7) is 13.7. The third-order valence-electron chi connectivity index (χ3n) is 14.5. The number of nitrogens with zero attached hydrogens (tertiary/aromatic N) is 5. The van der Waals surface area contributed by atoms with Gasteiger partial charge in [-0.25, -0.2) is 28.3 Å². The molecule has 16 nitrogen and oxygen atoms in total. The van der Waals surface area contributed by atoms with Crippen LogP contribution >= 0.6 is 0 Å². The number of imidazole rings is 2. The highest BCUT2D eigenvalue weighted by molar-refractivity contribution is 5.87. The molecule has 8 rings (SSSR count). The molecule has 6 atom stereocenters. The zero-order valence-corrected chi connectivity index (χ0v) is 41.7. The second kappa shape index (κ2) is 22.1. The maximum absolute atomic E-state index is 16.4. The van der Waals surface area contributed by atoms with Gasteiger partial charge in [0.05, 0.1) is 54.4 Å². The number of allylic oxidation sites excluding steroid dienone is 1. The number of methoxy groups -OCH3 is 2. The van der Waals surface area contributed by atoms with E-state index in [-0.39, 0.29) is 53.4 Å². The van der Waals surface area contributed by atoms with Crippen LogP contribution in [0.5, 0.6) is 0 Å². The van der Waals surface area contributed by atoms with Gasteiger partial charge in [-0.3, -0.25) is 9.59 Å². The summed E-state index contributed by atoms with van der Waals surface area (Å²) in [6, 6.07) is 12.8. The fourth-order valence-corrected chi connectivity index (χ4v) is 10.7. The lowest BCUT2D eigenvalue weighted by atomic mass is 10.0. The molecule has 0 spiro atoms. The number of hydrogen-bond donors (Lipinski definition) is 5. The van der Waals surface area contributed by atoms with Crippen LogP contribution in [0.4, 0.5) is 29.7 Å². The Kier molecular flexibility index (Phi) is 15.8. The molecule has 5 aromatic rings. The number of H-pyrrole nitrogens is 2. The zero-order chi connectivity index (χ0) is 50.5. The van der Waals surface area contributed by atoms with Crippen LogP contribution in [-0.2, 0) is 19.1 Å². The van der Waals surface area contributed by atoms with Crippen LogP contribution < -0.4 is 25.8 Å². The van der Waals surface area contributed by atoms with E-state index in [1.807, 2.05) is 62.9 Å². The van der Waals surface area contributed by atoms with E-state index in [1.165, 1.54) is 26.4 Å². The number of carbonyl (C=O) groups is 4. The number of fused-ring (bicyclic) bond motifs is 2. The fourth-order valence-electron chi connectivity index (χ4n) is 10.7. The highest BCUT2D eigenvalue weighted by Crippen LogP contribution is 2.49. The van der Waals surface area contributed by atoms with Crippen LogP contribution in [0.15, 0.2) is 61.2 Å². The molecule has 3 aromatic carbocycles. The number of piperidine rings is 1. The van der Waals surface area contributed by atoms with Crippen LogP contribution in [-0.4, -0.2) is 101 Å². The van der Waals surface area contributed by atoms with Crippen molar-refractivity contribution in [2.24, 2.45) is 11.8 Å². The van der Waals surface area contributed by atoms with Gasteiger partial charge in [0.15, 0.2) is 11.6 Å². The molecular formula is C53H68F2N10O6. The molecule has 3 aliphatic rings. The Morgan fingerprint density at radius 3 is 1.94 bits per heavy atom. The van der Waals surface area contributed by atoms with Crippen molar-refractivity contribution in [2.45, 2.75) is 122 Å². The Hall–Kier alpha value is -6.72. The quantitative estimate of drug-likeness (QED) is 0.0444. The minimum atomic E-state index is -0.759. The molecule has 0 radical (unpaired) electrons. The first-order valence-corrected chi connectivity index (χ1v) is 25.1. The van der Waals surface area contributed by atoms with Gasteiger partial charge in [-0.1, -0.05) is 45.9 Å². The normalized spacial score (nSPS) is 19.6. The average Bonchev–Trinajstić information content (AvgIpc) is 4.19. The summed E-state index contributed by atoms with van der Waals surface area (Å²) in [4.78, 5) is 73.5. The second-order valence-electron chi connectivity index (χ2n) is 19.8. The van der Waals surface area contributed by atoms with Gasteiger partial charge < -0.3 is 50.1 Å². The first-order valence-electron chi connectivity index (χ1n) is 25.1. The molecule has 3 aliphatic heterocycles. The monoisotopic (exact) mass is 979 g/mol. The van der Waals surface area contributed by atoms with E-state index >= 15 is 8.78 Å². The van der Waals surface area contributed by atoms with Crippen molar-refractivity contribution in [2.75, 3.05) is 50.2 Å². The molecule has 71 heavy (non-hydrogen) atoms. The lowest BCUT2D eigenvalue weighted by Crippen LogP contribution is -2.51. The fraction of sp³-hybridized carbons (Fsp3) is 0.509. The van der Waals surface area contributed by atoms with Crippen molar-refractivity contribution in [3.05, 3.63) is 95.6 Å². The molecule has 0 aliphatic carbocycles.